The van der Waals surface area contributed by atoms with E-state index in [4.69, 9.17) is 11.6 Å². The molecule has 1 aromatic carbocycles. The van der Waals surface area contributed by atoms with Crippen LogP contribution in [-0.2, 0) is 11.3 Å². The summed E-state index contributed by atoms with van der Waals surface area (Å²) in [6.07, 6.45) is 4.74. The molecule has 1 N–H and O–H groups in total. The smallest absolute Gasteiger partial charge is 0.221 e. The summed E-state index contributed by atoms with van der Waals surface area (Å²) in [5, 5.41) is 4.36. The molecule has 0 unspecified atom stereocenters. The molecule has 5 heteroatoms. The molecule has 0 aliphatic carbocycles. The number of halogens is 1. The number of benzene rings is 1. The normalized spacial score (nSPS) is 18.1. The van der Waals surface area contributed by atoms with Crippen molar-refractivity contribution in [1.29, 1.82) is 0 Å². The molecule has 1 atom stereocenters. The quantitative estimate of drug-likeness (QED) is 0.859. The van der Waals surface area contributed by atoms with Crippen LogP contribution in [0, 0.1) is 0 Å². The van der Waals surface area contributed by atoms with E-state index in [9.17, 15) is 4.79 Å². The van der Waals surface area contributed by atoms with Crippen molar-refractivity contribution in [3.8, 4) is 0 Å². The Balaban J connectivity index is 1.71. The molecule has 1 saturated heterocycles. The van der Waals surface area contributed by atoms with Gasteiger partial charge in [-0.1, -0.05) is 30.7 Å². The number of thioether (sulfide) groups is 1. The van der Waals surface area contributed by atoms with Gasteiger partial charge >= 0.3 is 0 Å². The fourth-order valence-corrected chi connectivity index (χ4v) is 3.16. The average Bonchev–Trinajstić information content (AvgIpc) is 2.51. The van der Waals surface area contributed by atoms with E-state index in [-0.39, 0.29) is 5.91 Å². The summed E-state index contributed by atoms with van der Waals surface area (Å²) < 4.78 is 0. The second kappa shape index (κ2) is 8.80. The highest BCUT2D eigenvalue weighted by atomic mass is 35.5. The highest BCUT2D eigenvalue weighted by Gasteiger charge is 2.21. The molecule has 3 nitrogen and oxygen atoms in total. The summed E-state index contributed by atoms with van der Waals surface area (Å²) in [6.45, 7) is 5.12. The van der Waals surface area contributed by atoms with Crippen LogP contribution in [0.4, 0.5) is 0 Å². The number of nitrogens with one attached hydrogen (secondary N) is 1. The van der Waals surface area contributed by atoms with E-state index in [0.717, 1.165) is 37.5 Å². The summed E-state index contributed by atoms with van der Waals surface area (Å²) in [7, 11) is 0. The molecule has 1 fully saturated rings. The standard InChI is InChI=1S/C17H25ClN2OS/c1-13(22-2)11-17(21)19-16-7-9-20(10-8-16)12-14-3-5-15(18)6-4-14/h3-6,13,16H,7-12H2,1-2H3,(H,19,21)/t13-/m0/s1. The first-order valence-corrected chi connectivity index (χ1v) is 9.52. The molecule has 22 heavy (non-hydrogen) atoms. The molecule has 1 aliphatic rings. The van der Waals surface area contributed by atoms with E-state index in [1.807, 2.05) is 18.4 Å². The highest BCUT2D eigenvalue weighted by molar-refractivity contribution is 7.99. The van der Waals surface area contributed by atoms with E-state index in [0.29, 0.717) is 17.7 Å². The summed E-state index contributed by atoms with van der Waals surface area (Å²) in [4.78, 5) is 14.4. The monoisotopic (exact) mass is 340 g/mol. The second-order valence-electron chi connectivity index (χ2n) is 5.99. The van der Waals surface area contributed by atoms with Gasteiger partial charge in [0.2, 0.25) is 5.91 Å². The van der Waals surface area contributed by atoms with Crippen LogP contribution in [0.3, 0.4) is 0 Å². The van der Waals surface area contributed by atoms with Gasteiger partial charge in [-0.3, -0.25) is 9.69 Å². The summed E-state index contributed by atoms with van der Waals surface area (Å²) >= 11 is 7.65. The third-order valence-electron chi connectivity index (χ3n) is 4.15. The number of carbonyl (C=O) groups excluding carboxylic acids is 1. The number of piperidine rings is 1. The number of nitrogens with zero attached hydrogens (tertiary/aromatic N) is 1. The lowest BCUT2D eigenvalue weighted by atomic mass is 10.0. The maximum absolute atomic E-state index is 11.9. The van der Waals surface area contributed by atoms with Crippen LogP contribution in [0.5, 0.6) is 0 Å². The van der Waals surface area contributed by atoms with E-state index < -0.39 is 0 Å². The number of amides is 1. The van der Waals surface area contributed by atoms with Crippen LogP contribution >= 0.6 is 23.4 Å². The van der Waals surface area contributed by atoms with E-state index in [2.05, 4.69) is 29.3 Å². The van der Waals surface area contributed by atoms with Gasteiger partial charge in [-0.15, -0.1) is 0 Å². The molecule has 2 rings (SSSR count). The number of hydrogen-bond acceptors (Lipinski definition) is 3. The zero-order valence-corrected chi connectivity index (χ0v) is 14.9. The van der Waals surface area contributed by atoms with Gasteiger partial charge in [0.15, 0.2) is 0 Å². The largest absolute Gasteiger partial charge is 0.353 e. The Morgan fingerprint density at radius 2 is 2.00 bits per heavy atom. The van der Waals surface area contributed by atoms with Crippen molar-refractivity contribution in [1.82, 2.24) is 10.2 Å². The minimum Gasteiger partial charge on any atom is -0.353 e. The van der Waals surface area contributed by atoms with Crippen molar-refractivity contribution in [2.75, 3.05) is 19.3 Å². The number of hydrogen-bond donors (Lipinski definition) is 1. The van der Waals surface area contributed by atoms with Gasteiger partial charge in [-0.2, -0.15) is 11.8 Å². The van der Waals surface area contributed by atoms with Crippen molar-refractivity contribution in [2.45, 2.75) is 44.0 Å². The predicted molar refractivity (Wildman–Crippen MR) is 95.5 cm³/mol. The van der Waals surface area contributed by atoms with Gasteiger partial charge < -0.3 is 5.32 Å². The summed E-state index contributed by atoms with van der Waals surface area (Å²) in [5.74, 6) is 0.193. The topological polar surface area (TPSA) is 32.3 Å². The predicted octanol–water partition coefficient (Wildman–Crippen LogP) is 3.56. The SMILES string of the molecule is CS[C@@H](C)CC(=O)NC1CCN(Cc2ccc(Cl)cc2)CC1. The molecule has 0 radical (unpaired) electrons. The van der Waals surface area contributed by atoms with Crippen LogP contribution in [0.25, 0.3) is 0 Å². The zero-order chi connectivity index (χ0) is 15.9. The lowest BCUT2D eigenvalue weighted by Gasteiger charge is -2.32. The first-order valence-electron chi connectivity index (χ1n) is 7.85. The van der Waals surface area contributed by atoms with Gasteiger partial charge in [0.05, 0.1) is 0 Å². The molecule has 1 aliphatic heterocycles. The lowest BCUT2D eigenvalue weighted by molar-refractivity contribution is -0.122. The van der Waals surface area contributed by atoms with Crippen LogP contribution in [0.2, 0.25) is 5.02 Å². The fraction of sp³-hybridized carbons (Fsp3) is 0.588. The second-order valence-corrected chi connectivity index (χ2v) is 7.71. The molecule has 0 spiro atoms. The molecule has 1 amide bonds. The Kier molecular flexibility index (Phi) is 7.06. The number of rotatable bonds is 6. The van der Waals surface area contributed by atoms with Gasteiger partial charge in [-0.25, -0.2) is 0 Å². The molecule has 122 valence electrons. The maximum atomic E-state index is 11.9. The Morgan fingerprint density at radius 3 is 2.59 bits per heavy atom. The minimum absolute atomic E-state index is 0.193. The molecule has 0 saturated carbocycles. The van der Waals surface area contributed by atoms with Crippen molar-refractivity contribution in [3.63, 3.8) is 0 Å². The minimum atomic E-state index is 0.193. The summed E-state index contributed by atoms with van der Waals surface area (Å²) in [6, 6.07) is 8.39. The number of likely N-dealkylation sites (tertiary alicyclic amines) is 1. The van der Waals surface area contributed by atoms with Crippen LogP contribution in [0.15, 0.2) is 24.3 Å². The van der Waals surface area contributed by atoms with E-state index in [1.165, 1.54) is 5.56 Å². The van der Waals surface area contributed by atoms with Crippen molar-refractivity contribution < 1.29 is 4.79 Å². The van der Waals surface area contributed by atoms with Crippen LogP contribution in [0.1, 0.15) is 31.7 Å². The Bertz CT molecular complexity index is 472. The first-order chi connectivity index (χ1) is 10.6. The fourth-order valence-electron chi connectivity index (χ4n) is 2.71. The van der Waals surface area contributed by atoms with Gasteiger partial charge in [0, 0.05) is 42.4 Å². The van der Waals surface area contributed by atoms with Crippen LogP contribution < -0.4 is 5.32 Å². The number of carbonyl (C=O) groups is 1. The molecule has 1 heterocycles. The third-order valence-corrected chi connectivity index (χ3v) is 5.37. The Hall–Kier alpha value is -0.710. The third kappa shape index (κ3) is 5.82. The van der Waals surface area contributed by atoms with Crippen molar-refractivity contribution >= 4 is 29.3 Å². The van der Waals surface area contributed by atoms with Gasteiger partial charge in [0.1, 0.15) is 0 Å². The Labute approximate surface area is 142 Å². The van der Waals surface area contributed by atoms with Crippen molar-refractivity contribution in [3.05, 3.63) is 34.9 Å². The van der Waals surface area contributed by atoms with Crippen LogP contribution in [-0.4, -0.2) is 41.4 Å². The lowest BCUT2D eigenvalue weighted by Crippen LogP contribution is -2.44. The average molecular weight is 341 g/mol. The first kappa shape index (κ1) is 17.6. The van der Waals surface area contributed by atoms with Gasteiger partial charge in [-0.05, 0) is 36.8 Å². The van der Waals surface area contributed by atoms with Crippen molar-refractivity contribution in [2.24, 2.45) is 0 Å². The van der Waals surface area contributed by atoms with E-state index in [1.54, 1.807) is 11.8 Å². The van der Waals surface area contributed by atoms with E-state index >= 15 is 0 Å². The summed E-state index contributed by atoms with van der Waals surface area (Å²) in [5.41, 5.74) is 1.29. The Morgan fingerprint density at radius 1 is 1.36 bits per heavy atom. The van der Waals surface area contributed by atoms with Gasteiger partial charge in [0.25, 0.3) is 0 Å². The zero-order valence-electron chi connectivity index (χ0n) is 13.3. The maximum Gasteiger partial charge on any atom is 0.221 e. The highest BCUT2D eigenvalue weighted by Crippen LogP contribution is 2.16. The molecule has 1 aromatic rings. The molecular formula is C17H25ClN2OS. The molecule has 0 bridgehead atoms. The molecular weight excluding hydrogens is 316 g/mol. The molecule has 0 aromatic heterocycles.